The number of carbonyl (C=O) groups is 1. The fourth-order valence-electron chi connectivity index (χ4n) is 4.21. The number of nitrogens with zero attached hydrogens (tertiary/aromatic N) is 2. The van der Waals surface area contributed by atoms with E-state index in [1.807, 2.05) is 56.3 Å². The Morgan fingerprint density at radius 1 is 1.12 bits per heavy atom. The summed E-state index contributed by atoms with van der Waals surface area (Å²) in [5.41, 5.74) is 3.11. The fourth-order valence-corrected chi connectivity index (χ4v) is 4.21. The third kappa shape index (κ3) is 4.96. The van der Waals surface area contributed by atoms with E-state index < -0.39 is 0 Å². The second-order valence-electron chi connectivity index (χ2n) is 8.24. The van der Waals surface area contributed by atoms with Gasteiger partial charge in [-0.25, -0.2) is 9.78 Å². The molecule has 1 fully saturated rings. The van der Waals surface area contributed by atoms with E-state index in [2.05, 4.69) is 24.0 Å². The van der Waals surface area contributed by atoms with Gasteiger partial charge in [-0.2, -0.15) is 0 Å². The number of aryl methyl sites for hydroxylation is 1. The number of aromatic nitrogens is 1. The van der Waals surface area contributed by atoms with Gasteiger partial charge in [-0.3, -0.25) is 0 Å². The van der Waals surface area contributed by atoms with E-state index in [-0.39, 0.29) is 6.09 Å². The van der Waals surface area contributed by atoms with Gasteiger partial charge in [0.15, 0.2) is 0 Å². The highest BCUT2D eigenvalue weighted by atomic mass is 16.6. The number of hydrogen-bond acceptors (Lipinski definition) is 5. The lowest BCUT2D eigenvalue weighted by Gasteiger charge is -2.16. The molecule has 2 atom stereocenters. The maximum absolute atomic E-state index is 12.0. The van der Waals surface area contributed by atoms with Crippen LogP contribution in [0.2, 0.25) is 0 Å². The molecule has 1 aromatic heterocycles. The van der Waals surface area contributed by atoms with Crippen LogP contribution in [0.5, 0.6) is 5.75 Å². The third-order valence-electron chi connectivity index (χ3n) is 5.97. The molecular weight excluding hydrogens is 404 g/mol. The molecule has 1 saturated heterocycles. The molecule has 1 aliphatic rings. The molecule has 0 saturated carbocycles. The molecule has 0 spiro atoms. The van der Waals surface area contributed by atoms with Crippen molar-refractivity contribution in [2.45, 2.75) is 33.1 Å². The van der Waals surface area contributed by atoms with Crippen molar-refractivity contribution < 1.29 is 18.7 Å². The molecule has 3 aromatic rings. The summed E-state index contributed by atoms with van der Waals surface area (Å²) >= 11 is 0. The Bertz CT molecular complexity index is 1030. The zero-order valence-corrected chi connectivity index (χ0v) is 18.9. The highest BCUT2D eigenvalue weighted by molar-refractivity contribution is 5.68. The fraction of sp³-hybridized carbons (Fsp3) is 0.385. The van der Waals surface area contributed by atoms with E-state index in [1.165, 1.54) is 5.56 Å². The van der Waals surface area contributed by atoms with E-state index >= 15 is 0 Å². The summed E-state index contributed by atoms with van der Waals surface area (Å²) in [7, 11) is 0. The molecule has 1 aliphatic heterocycles. The van der Waals surface area contributed by atoms with E-state index in [0.29, 0.717) is 43.9 Å². The zero-order valence-electron chi connectivity index (χ0n) is 18.9. The second kappa shape index (κ2) is 9.90. The first kappa shape index (κ1) is 21.9. The molecule has 0 unspecified atom stereocenters. The van der Waals surface area contributed by atoms with Crippen LogP contribution in [0, 0.1) is 12.8 Å². The van der Waals surface area contributed by atoms with Crippen molar-refractivity contribution in [2.24, 2.45) is 5.92 Å². The third-order valence-corrected chi connectivity index (χ3v) is 5.97. The standard InChI is InChI=1S/C26H30N2O4/c1-4-30-26(29)28-16-18(2)23(17-28)20-10-12-22(13-11-20)31-15-14-24-19(3)32-25(27-24)21-8-6-5-7-9-21/h5-13,18,23H,4,14-17H2,1-3H3/t18-,23+/m1/s1. The summed E-state index contributed by atoms with van der Waals surface area (Å²) in [5.74, 6) is 2.99. The summed E-state index contributed by atoms with van der Waals surface area (Å²) in [4.78, 5) is 18.5. The van der Waals surface area contributed by atoms with E-state index in [1.54, 1.807) is 4.90 Å². The van der Waals surface area contributed by atoms with Crippen LogP contribution in [0.1, 0.15) is 36.8 Å². The number of likely N-dealkylation sites (tertiary alicyclic amines) is 1. The number of rotatable bonds is 7. The van der Waals surface area contributed by atoms with Crippen molar-refractivity contribution in [1.82, 2.24) is 9.88 Å². The van der Waals surface area contributed by atoms with E-state index in [4.69, 9.17) is 13.9 Å². The summed E-state index contributed by atoms with van der Waals surface area (Å²) in [6, 6.07) is 18.1. The number of oxazole rings is 1. The van der Waals surface area contributed by atoms with Crippen molar-refractivity contribution in [2.75, 3.05) is 26.3 Å². The molecule has 0 bridgehead atoms. The summed E-state index contributed by atoms with van der Waals surface area (Å²) in [6.07, 6.45) is 0.457. The Morgan fingerprint density at radius 2 is 1.88 bits per heavy atom. The second-order valence-corrected chi connectivity index (χ2v) is 8.24. The number of benzene rings is 2. The van der Waals surface area contributed by atoms with E-state index in [9.17, 15) is 4.79 Å². The molecular formula is C26H30N2O4. The highest BCUT2D eigenvalue weighted by Gasteiger charge is 2.34. The maximum Gasteiger partial charge on any atom is 0.409 e. The topological polar surface area (TPSA) is 64.8 Å². The molecule has 1 amide bonds. The summed E-state index contributed by atoms with van der Waals surface area (Å²) in [6.45, 7) is 8.29. The van der Waals surface area contributed by atoms with Crippen molar-refractivity contribution in [1.29, 1.82) is 0 Å². The van der Waals surface area contributed by atoms with Crippen LogP contribution in [0.15, 0.2) is 59.0 Å². The van der Waals surface area contributed by atoms with Gasteiger partial charge in [0, 0.05) is 31.0 Å². The first-order chi connectivity index (χ1) is 15.5. The highest BCUT2D eigenvalue weighted by Crippen LogP contribution is 2.33. The molecule has 0 radical (unpaired) electrons. The maximum atomic E-state index is 12.0. The van der Waals surface area contributed by atoms with Crippen LogP contribution >= 0.6 is 0 Å². The minimum Gasteiger partial charge on any atom is -0.493 e. The Labute approximate surface area is 189 Å². The molecule has 0 aliphatic carbocycles. The van der Waals surface area contributed by atoms with E-state index in [0.717, 1.165) is 29.3 Å². The van der Waals surface area contributed by atoms with Gasteiger partial charge in [0.2, 0.25) is 5.89 Å². The first-order valence-electron chi connectivity index (χ1n) is 11.2. The number of ether oxygens (including phenoxy) is 2. The lowest BCUT2D eigenvalue weighted by atomic mass is 9.90. The van der Waals surface area contributed by atoms with Crippen LogP contribution in [0.3, 0.4) is 0 Å². The number of carbonyl (C=O) groups excluding carboxylic acids is 1. The normalized spacial score (nSPS) is 18.0. The van der Waals surface area contributed by atoms with Gasteiger partial charge in [0.05, 0.1) is 18.9 Å². The van der Waals surface area contributed by atoms with Crippen LogP contribution in [-0.2, 0) is 11.2 Å². The van der Waals surface area contributed by atoms with Crippen molar-refractivity contribution in [3.63, 3.8) is 0 Å². The van der Waals surface area contributed by atoms with Gasteiger partial charge in [-0.15, -0.1) is 0 Å². The quantitative estimate of drug-likeness (QED) is 0.494. The lowest BCUT2D eigenvalue weighted by Crippen LogP contribution is -2.29. The molecule has 32 heavy (non-hydrogen) atoms. The van der Waals surface area contributed by atoms with Crippen LogP contribution in [0.25, 0.3) is 11.5 Å². The Hall–Kier alpha value is -3.28. The predicted octanol–water partition coefficient (Wildman–Crippen LogP) is 5.46. The van der Waals surface area contributed by atoms with Crippen molar-refractivity contribution in [3.05, 3.63) is 71.6 Å². The predicted molar refractivity (Wildman–Crippen MR) is 123 cm³/mol. The molecule has 2 heterocycles. The minimum absolute atomic E-state index is 0.222. The molecule has 2 aromatic carbocycles. The summed E-state index contributed by atoms with van der Waals surface area (Å²) in [5, 5.41) is 0. The first-order valence-corrected chi connectivity index (χ1v) is 11.2. The van der Waals surface area contributed by atoms with Gasteiger partial charge in [-0.05, 0) is 49.6 Å². The van der Waals surface area contributed by atoms with Crippen LogP contribution < -0.4 is 4.74 Å². The summed E-state index contributed by atoms with van der Waals surface area (Å²) < 4.78 is 16.9. The van der Waals surface area contributed by atoms with Crippen LogP contribution in [0.4, 0.5) is 4.79 Å². The molecule has 0 N–H and O–H groups in total. The average molecular weight is 435 g/mol. The van der Waals surface area contributed by atoms with Crippen LogP contribution in [-0.4, -0.2) is 42.3 Å². The zero-order chi connectivity index (χ0) is 22.5. The Morgan fingerprint density at radius 3 is 2.59 bits per heavy atom. The van der Waals surface area contributed by atoms with Gasteiger partial charge in [-0.1, -0.05) is 37.3 Å². The number of amides is 1. The van der Waals surface area contributed by atoms with Gasteiger partial charge in [0.1, 0.15) is 11.5 Å². The monoisotopic (exact) mass is 434 g/mol. The van der Waals surface area contributed by atoms with Crippen molar-refractivity contribution >= 4 is 6.09 Å². The molecule has 4 rings (SSSR count). The SMILES string of the molecule is CCOC(=O)N1C[C@@H](C)[C@@H](c2ccc(OCCc3nc(-c4ccccc4)oc3C)cc2)C1. The lowest BCUT2D eigenvalue weighted by molar-refractivity contribution is 0.114. The van der Waals surface area contributed by atoms with Gasteiger partial charge < -0.3 is 18.8 Å². The Kier molecular flexibility index (Phi) is 6.78. The van der Waals surface area contributed by atoms with Gasteiger partial charge >= 0.3 is 6.09 Å². The molecule has 6 nitrogen and oxygen atoms in total. The molecule has 168 valence electrons. The minimum atomic E-state index is -0.222. The largest absolute Gasteiger partial charge is 0.493 e. The average Bonchev–Trinajstić information content (AvgIpc) is 3.38. The molecule has 6 heteroatoms. The Balaban J connectivity index is 1.31. The number of hydrogen-bond donors (Lipinski definition) is 0. The van der Waals surface area contributed by atoms with Gasteiger partial charge in [0.25, 0.3) is 0 Å². The smallest absolute Gasteiger partial charge is 0.409 e. The van der Waals surface area contributed by atoms with Crippen molar-refractivity contribution in [3.8, 4) is 17.2 Å².